The quantitative estimate of drug-likeness (QED) is 0.493. The molecule has 0 radical (unpaired) electrons. The number of esters is 1. The molecule has 1 aromatic carbocycles. The van der Waals surface area contributed by atoms with Gasteiger partial charge in [-0.2, -0.15) is 0 Å². The largest absolute Gasteiger partial charge is 0.478 e. The Kier molecular flexibility index (Phi) is 4.88. The Labute approximate surface area is 143 Å². The van der Waals surface area contributed by atoms with Crippen molar-refractivity contribution in [3.8, 4) is 5.75 Å². The minimum atomic E-state index is -1.10. The van der Waals surface area contributed by atoms with Gasteiger partial charge in [-0.15, -0.1) is 0 Å². The molecule has 1 aliphatic rings. The summed E-state index contributed by atoms with van der Waals surface area (Å²) in [6.45, 7) is 11.7. The number of benzene rings is 1. The highest BCUT2D eigenvalue weighted by Crippen LogP contribution is 2.52. The highest BCUT2D eigenvalue weighted by molar-refractivity contribution is 5.94. The van der Waals surface area contributed by atoms with Crippen molar-refractivity contribution < 1.29 is 19.4 Å². The molecular formula is C20H26O4. The lowest BCUT2D eigenvalue weighted by Gasteiger charge is -2.49. The highest BCUT2D eigenvalue weighted by Gasteiger charge is 2.44. The van der Waals surface area contributed by atoms with Gasteiger partial charge in [0.15, 0.2) is 0 Å². The number of carboxylic acids is 1. The second-order valence-electron chi connectivity index (χ2n) is 7.61. The topological polar surface area (TPSA) is 63.6 Å². The first kappa shape index (κ1) is 18.2. The molecule has 1 aliphatic carbocycles. The first-order valence-electron chi connectivity index (χ1n) is 8.34. The van der Waals surface area contributed by atoms with Crippen molar-refractivity contribution in [2.45, 2.75) is 58.8 Å². The molecule has 0 spiro atoms. The second kappa shape index (κ2) is 6.42. The molecule has 1 fully saturated rings. The summed E-state index contributed by atoms with van der Waals surface area (Å²) < 4.78 is 5.18. The van der Waals surface area contributed by atoms with Crippen LogP contribution >= 0.6 is 0 Å². The van der Waals surface area contributed by atoms with Crippen LogP contribution in [0.1, 0.15) is 69.3 Å². The summed E-state index contributed by atoms with van der Waals surface area (Å²) in [7, 11) is 0. The maximum Gasteiger partial charge on any atom is 0.339 e. The first-order chi connectivity index (χ1) is 11.1. The van der Waals surface area contributed by atoms with Crippen LogP contribution < -0.4 is 4.74 Å². The molecule has 4 nitrogen and oxygen atoms in total. The third kappa shape index (κ3) is 3.23. The summed E-state index contributed by atoms with van der Waals surface area (Å²) in [4.78, 5) is 23.4. The van der Waals surface area contributed by atoms with Crippen molar-refractivity contribution >= 4 is 11.9 Å². The lowest BCUT2D eigenvalue weighted by atomic mass is 9.56. The van der Waals surface area contributed by atoms with E-state index in [1.54, 1.807) is 12.1 Å². The molecule has 4 heteroatoms. The molecule has 2 rings (SSSR count). The van der Waals surface area contributed by atoms with Crippen molar-refractivity contribution in [2.75, 3.05) is 0 Å². The van der Waals surface area contributed by atoms with Crippen LogP contribution in [0.5, 0.6) is 5.75 Å². The van der Waals surface area contributed by atoms with E-state index in [1.807, 2.05) is 6.07 Å². The van der Waals surface area contributed by atoms with E-state index >= 15 is 0 Å². The summed E-state index contributed by atoms with van der Waals surface area (Å²) in [6.07, 6.45) is 4.46. The minimum absolute atomic E-state index is 0.0182. The van der Waals surface area contributed by atoms with Crippen LogP contribution in [0.3, 0.4) is 0 Å². The summed E-state index contributed by atoms with van der Waals surface area (Å²) in [5, 5.41) is 9.54. The number of aromatic carboxylic acids is 1. The maximum absolute atomic E-state index is 11.7. The second-order valence-corrected chi connectivity index (χ2v) is 7.61. The van der Waals surface area contributed by atoms with E-state index in [0.29, 0.717) is 0 Å². The number of ether oxygens (including phenoxy) is 1. The van der Waals surface area contributed by atoms with Gasteiger partial charge in [-0.25, -0.2) is 9.59 Å². The molecule has 0 aromatic heterocycles. The smallest absolute Gasteiger partial charge is 0.339 e. The van der Waals surface area contributed by atoms with Crippen LogP contribution in [-0.4, -0.2) is 17.0 Å². The normalized spacial score (nSPS) is 22.7. The third-order valence-electron chi connectivity index (χ3n) is 5.62. The van der Waals surface area contributed by atoms with Crippen molar-refractivity contribution in [1.29, 1.82) is 0 Å². The summed E-state index contributed by atoms with van der Waals surface area (Å²) in [5.41, 5.74) is 1.21. The fourth-order valence-electron chi connectivity index (χ4n) is 3.51. The van der Waals surface area contributed by atoms with Gasteiger partial charge in [0.05, 0.1) is 0 Å². The van der Waals surface area contributed by atoms with Crippen LogP contribution in [0, 0.1) is 5.41 Å². The van der Waals surface area contributed by atoms with E-state index in [9.17, 15) is 14.7 Å². The SMILES string of the molecule is C=C(C)C(=O)Oc1ccc(C2(C)CCCCC2(C)C)cc1C(=O)O. The number of rotatable bonds is 4. The predicted molar refractivity (Wildman–Crippen MR) is 93.5 cm³/mol. The molecule has 1 saturated carbocycles. The molecule has 130 valence electrons. The van der Waals surface area contributed by atoms with Crippen molar-refractivity contribution in [1.82, 2.24) is 0 Å². The number of hydrogen-bond acceptors (Lipinski definition) is 3. The summed E-state index contributed by atoms with van der Waals surface area (Å²) in [5.74, 6) is -1.65. The van der Waals surface area contributed by atoms with Crippen LogP contribution in [-0.2, 0) is 10.2 Å². The lowest BCUT2D eigenvalue weighted by molar-refractivity contribution is -0.130. The van der Waals surface area contributed by atoms with Gasteiger partial charge in [-0.3, -0.25) is 0 Å². The number of carbonyl (C=O) groups excluding carboxylic acids is 1. The molecule has 1 aromatic rings. The van der Waals surface area contributed by atoms with Crippen LogP contribution in [0.4, 0.5) is 0 Å². The van der Waals surface area contributed by atoms with Crippen molar-refractivity contribution in [2.24, 2.45) is 5.41 Å². The van der Waals surface area contributed by atoms with Crippen LogP contribution in [0.15, 0.2) is 30.4 Å². The van der Waals surface area contributed by atoms with E-state index in [4.69, 9.17) is 4.74 Å². The summed E-state index contributed by atoms with van der Waals surface area (Å²) in [6, 6.07) is 5.15. The maximum atomic E-state index is 11.7. The van der Waals surface area contributed by atoms with Gasteiger partial charge in [0.1, 0.15) is 11.3 Å². The van der Waals surface area contributed by atoms with Crippen molar-refractivity contribution in [3.05, 3.63) is 41.5 Å². The Morgan fingerprint density at radius 3 is 2.33 bits per heavy atom. The van der Waals surface area contributed by atoms with Crippen molar-refractivity contribution in [3.63, 3.8) is 0 Å². The molecule has 0 heterocycles. The number of carboxylic acid groups (broad SMARTS) is 1. The van der Waals surface area contributed by atoms with E-state index in [2.05, 4.69) is 27.4 Å². The Hall–Kier alpha value is -2.10. The molecule has 0 amide bonds. The molecule has 0 bridgehead atoms. The molecule has 1 unspecified atom stereocenters. The molecule has 1 atom stereocenters. The molecule has 0 saturated heterocycles. The Morgan fingerprint density at radius 2 is 1.79 bits per heavy atom. The molecule has 1 N–H and O–H groups in total. The zero-order chi connectivity index (χ0) is 18.1. The van der Waals surface area contributed by atoms with E-state index in [1.165, 1.54) is 13.3 Å². The monoisotopic (exact) mass is 330 g/mol. The fraction of sp³-hybridized carbons (Fsp3) is 0.500. The average molecular weight is 330 g/mol. The van der Waals surface area contributed by atoms with Gasteiger partial charge in [0.25, 0.3) is 0 Å². The van der Waals surface area contributed by atoms with Crippen LogP contribution in [0.25, 0.3) is 0 Å². The average Bonchev–Trinajstić information content (AvgIpc) is 2.50. The van der Waals surface area contributed by atoms with E-state index in [-0.39, 0.29) is 27.7 Å². The zero-order valence-electron chi connectivity index (χ0n) is 14.9. The van der Waals surface area contributed by atoms with Gasteiger partial charge >= 0.3 is 11.9 Å². The van der Waals surface area contributed by atoms with Crippen LogP contribution in [0.2, 0.25) is 0 Å². The summed E-state index contributed by atoms with van der Waals surface area (Å²) >= 11 is 0. The van der Waals surface area contributed by atoms with Gasteiger partial charge in [0, 0.05) is 5.57 Å². The minimum Gasteiger partial charge on any atom is -0.478 e. The first-order valence-corrected chi connectivity index (χ1v) is 8.34. The number of hydrogen-bond donors (Lipinski definition) is 1. The zero-order valence-corrected chi connectivity index (χ0v) is 14.9. The van der Waals surface area contributed by atoms with Gasteiger partial charge in [-0.05, 0) is 48.3 Å². The Balaban J connectivity index is 2.47. The third-order valence-corrected chi connectivity index (χ3v) is 5.62. The Morgan fingerprint density at radius 1 is 1.17 bits per heavy atom. The predicted octanol–water partition coefficient (Wildman–Crippen LogP) is 4.72. The van der Waals surface area contributed by atoms with E-state index < -0.39 is 11.9 Å². The number of carbonyl (C=O) groups is 2. The highest BCUT2D eigenvalue weighted by atomic mass is 16.5. The molecular weight excluding hydrogens is 304 g/mol. The van der Waals surface area contributed by atoms with Gasteiger partial charge in [-0.1, -0.05) is 46.3 Å². The standard InChI is InChI=1S/C20H26O4/c1-13(2)18(23)24-16-9-8-14(12-15(16)17(21)22)20(5)11-7-6-10-19(20,3)4/h8-9,12H,1,6-7,10-11H2,2-5H3,(H,21,22). The lowest BCUT2D eigenvalue weighted by Crippen LogP contribution is -2.42. The van der Waals surface area contributed by atoms with E-state index in [0.717, 1.165) is 24.8 Å². The molecule has 0 aliphatic heterocycles. The Bertz CT molecular complexity index is 687. The molecule has 24 heavy (non-hydrogen) atoms. The fourth-order valence-corrected chi connectivity index (χ4v) is 3.51. The van der Waals surface area contributed by atoms with Gasteiger partial charge in [0.2, 0.25) is 0 Å². The van der Waals surface area contributed by atoms with Gasteiger partial charge < -0.3 is 9.84 Å².